The van der Waals surface area contributed by atoms with Gasteiger partial charge in [-0.05, 0) is 26.0 Å². The van der Waals surface area contributed by atoms with Gasteiger partial charge in [-0.25, -0.2) is 4.79 Å². The minimum Gasteiger partial charge on any atom is -0.389 e. The summed E-state index contributed by atoms with van der Waals surface area (Å²) in [6.07, 6.45) is 0. The molecule has 4 nitrogen and oxygen atoms in total. The second kappa shape index (κ2) is 3.49. The summed E-state index contributed by atoms with van der Waals surface area (Å²) in [6.45, 7) is 3.69. The highest BCUT2D eigenvalue weighted by atomic mass is 16.3. The highest BCUT2D eigenvalue weighted by Gasteiger charge is 2.18. The van der Waals surface area contributed by atoms with E-state index < -0.39 is 5.60 Å². The maximum absolute atomic E-state index is 12.0. The number of para-hydroxylation sites is 2. The zero-order valence-electron chi connectivity index (χ0n) is 9.77. The first kappa shape index (κ1) is 11.0. The predicted octanol–water partition coefficient (Wildman–Crippen LogP) is 1.11. The highest BCUT2D eigenvalue weighted by Crippen LogP contribution is 2.14. The summed E-state index contributed by atoms with van der Waals surface area (Å²) in [5, 5.41) is 9.80. The van der Waals surface area contributed by atoms with E-state index in [4.69, 9.17) is 0 Å². The Morgan fingerprint density at radius 1 is 1.25 bits per heavy atom. The van der Waals surface area contributed by atoms with Crippen molar-refractivity contribution in [2.75, 3.05) is 0 Å². The molecule has 0 bridgehead atoms. The van der Waals surface area contributed by atoms with Crippen molar-refractivity contribution >= 4 is 11.0 Å². The lowest BCUT2D eigenvalue weighted by Gasteiger charge is -2.17. The lowest BCUT2D eigenvalue weighted by atomic mass is 10.1. The van der Waals surface area contributed by atoms with Crippen molar-refractivity contribution in [3.05, 3.63) is 34.7 Å². The zero-order chi connectivity index (χ0) is 11.9. The number of aryl methyl sites for hydroxylation is 1. The quantitative estimate of drug-likeness (QED) is 0.824. The number of aromatic nitrogens is 2. The van der Waals surface area contributed by atoms with E-state index in [2.05, 4.69) is 0 Å². The molecule has 1 aromatic carbocycles. The zero-order valence-corrected chi connectivity index (χ0v) is 9.77. The van der Waals surface area contributed by atoms with E-state index >= 15 is 0 Å². The molecule has 0 unspecified atom stereocenters. The molecule has 1 N–H and O–H groups in total. The molecule has 0 fully saturated rings. The van der Waals surface area contributed by atoms with Crippen LogP contribution in [0.4, 0.5) is 0 Å². The number of imidazole rings is 1. The predicted molar refractivity (Wildman–Crippen MR) is 63.5 cm³/mol. The molecule has 0 aliphatic heterocycles. The van der Waals surface area contributed by atoms with Gasteiger partial charge in [0.15, 0.2) is 0 Å². The molecule has 1 heterocycles. The molecule has 0 aliphatic rings. The summed E-state index contributed by atoms with van der Waals surface area (Å²) in [4.78, 5) is 12.0. The van der Waals surface area contributed by atoms with E-state index in [1.807, 2.05) is 24.3 Å². The average molecular weight is 220 g/mol. The number of rotatable bonds is 2. The molecule has 0 amide bonds. The monoisotopic (exact) mass is 220 g/mol. The Morgan fingerprint density at radius 3 is 2.38 bits per heavy atom. The first-order valence-corrected chi connectivity index (χ1v) is 5.27. The van der Waals surface area contributed by atoms with Gasteiger partial charge in [0.2, 0.25) is 0 Å². The van der Waals surface area contributed by atoms with Crippen molar-refractivity contribution in [2.24, 2.45) is 7.05 Å². The molecule has 0 radical (unpaired) electrons. The second-order valence-corrected chi connectivity index (χ2v) is 4.73. The van der Waals surface area contributed by atoms with Crippen molar-refractivity contribution in [2.45, 2.75) is 26.0 Å². The van der Waals surface area contributed by atoms with E-state index in [9.17, 15) is 9.90 Å². The summed E-state index contributed by atoms with van der Waals surface area (Å²) in [7, 11) is 1.74. The summed E-state index contributed by atoms with van der Waals surface area (Å²) < 4.78 is 3.20. The van der Waals surface area contributed by atoms with Gasteiger partial charge in [-0.3, -0.25) is 9.13 Å². The molecule has 0 saturated carbocycles. The third-order valence-corrected chi connectivity index (χ3v) is 2.60. The number of nitrogens with zero attached hydrogens (tertiary/aromatic N) is 2. The van der Waals surface area contributed by atoms with Crippen LogP contribution in [0.25, 0.3) is 11.0 Å². The Bertz CT molecular complexity index is 573. The second-order valence-electron chi connectivity index (χ2n) is 4.73. The minimum absolute atomic E-state index is 0.0941. The molecule has 16 heavy (non-hydrogen) atoms. The molecule has 0 saturated heterocycles. The molecular weight excluding hydrogens is 204 g/mol. The van der Waals surface area contributed by atoms with Crippen LogP contribution in [-0.4, -0.2) is 19.8 Å². The van der Waals surface area contributed by atoms with Crippen LogP contribution in [0.15, 0.2) is 29.1 Å². The number of fused-ring (bicyclic) bond motifs is 1. The number of benzene rings is 1. The molecule has 1 aromatic heterocycles. The summed E-state index contributed by atoms with van der Waals surface area (Å²) >= 11 is 0. The molecule has 0 atom stereocenters. The average Bonchev–Trinajstić information content (AvgIpc) is 2.43. The van der Waals surface area contributed by atoms with Gasteiger partial charge < -0.3 is 5.11 Å². The van der Waals surface area contributed by atoms with Crippen molar-refractivity contribution in [3.8, 4) is 0 Å². The molecule has 2 rings (SSSR count). The summed E-state index contributed by atoms with van der Waals surface area (Å²) in [5.41, 5.74) is 0.755. The first-order valence-electron chi connectivity index (χ1n) is 5.27. The van der Waals surface area contributed by atoms with Crippen LogP contribution in [-0.2, 0) is 13.6 Å². The molecule has 4 heteroatoms. The smallest absolute Gasteiger partial charge is 0.328 e. The largest absolute Gasteiger partial charge is 0.389 e. The van der Waals surface area contributed by atoms with E-state index in [-0.39, 0.29) is 5.69 Å². The minimum atomic E-state index is -0.895. The van der Waals surface area contributed by atoms with Gasteiger partial charge in [-0.1, -0.05) is 12.1 Å². The molecule has 0 spiro atoms. The Labute approximate surface area is 93.7 Å². The van der Waals surface area contributed by atoms with Gasteiger partial charge in [-0.15, -0.1) is 0 Å². The number of hydrogen-bond donors (Lipinski definition) is 1. The van der Waals surface area contributed by atoms with Crippen LogP contribution in [0.2, 0.25) is 0 Å². The Kier molecular flexibility index (Phi) is 2.39. The van der Waals surface area contributed by atoms with Crippen molar-refractivity contribution < 1.29 is 5.11 Å². The van der Waals surface area contributed by atoms with E-state index in [0.29, 0.717) is 6.54 Å². The van der Waals surface area contributed by atoms with Crippen molar-refractivity contribution in [1.29, 1.82) is 0 Å². The van der Waals surface area contributed by atoms with Gasteiger partial charge in [0.1, 0.15) is 0 Å². The first-order chi connectivity index (χ1) is 7.40. The molecular formula is C12H16N2O2. The van der Waals surface area contributed by atoms with Gasteiger partial charge in [0.25, 0.3) is 0 Å². The van der Waals surface area contributed by atoms with Crippen LogP contribution in [0.3, 0.4) is 0 Å². The fraction of sp³-hybridized carbons (Fsp3) is 0.417. The normalized spacial score (nSPS) is 12.2. The molecule has 2 aromatic rings. The Morgan fingerprint density at radius 2 is 1.81 bits per heavy atom. The fourth-order valence-electron chi connectivity index (χ4n) is 1.90. The summed E-state index contributed by atoms with van der Waals surface area (Å²) in [6, 6.07) is 7.58. The Hall–Kier alpha value is -1.55. The van der Waals surface area contributed by atoms with Crippen LogP contribution >= 0.6 is 0 Å². The van der Waals surface area contributed by atoms with Crippen LogP contribution in [0, 0.1) is 0 Å². The maximum atomic E-state index is 12.0. The Balaban J connectivity index is 2.70. The van der Waals surface area contributed by atoms with Gasteiger partial charge >= 0.3 is 5.69 Å². The fourth-order valence-corrected chi connectivity index (χ4v) is 1.90. The third-order valence-electron chi connectivity index (χ3n) is 2.60. The standard InChI is InChI=1S/C12H16N2O2/c1-12(2,16)8-14-10-7-5-4-6-9(10)13(3)11(14)15/h4-7,16H,8H2,1-3H3. The molecule has 86 valence electrons. The third kappa shape index (κ3) is 1.76. The van der Waals surface area contributed by atoms with Crippen molar-refractivity contribution in [3.63, 3.8) is 0 Å². The SMILES string of the molecule is Cn1c(=O)n(CC(C)(C)O)c2ccccc21. The van der Waals surface area contributed by atoms with Crippen LogP contribution in [0.5, 0.6) is 0 Å². The van der Waals surface area contributed by atoms with E-state index in [1.54, 1.807) is 30.0 Å². The van der Waals surface area contributed by atoms with Crippen LogP contribution in [0.1, 0.15) is 13.8 Å². The maximum Gasteiger partial charge on any atom is 0.328 e. The topological polar surface area (TPSA) is 47.2 Å². The summed E-state index contributed by atoms with van der Waals surface area (Å²) in [5.74, 6) is 0. The molecule has 0 aliphatic carbocycles. The lowest BCUT2D eigenvalue weighted by Crippen LogP contribution is -2.33. The highest BCUT2D eigenvalue weighted by molar-refractivity contribution is 5.75. The van der Waals surface area contributed by atoms with Crippen LogP contribution < -0.4 is 5.69 Å². The van der Waals surface area contributed by atoms with Crippen molar-refractivity contribution in [1.82, 2.24) is 9.13 Å². The van der Waals surface area contributed by atoms with E-state index in [1.165, 1.54) is 0 Å². The van der Waals surface area contributed by atoms with Gasteiger partial charge in [0, 0.05) is 7.05 Å². The van der Waals surface area contributed by atoms with Gasteiger partial charge in [0.05, 0.1) is 23.2 Å². The number of hydrogen-bond acceptors (Lipinski definition) is 2. The van der Waals surface area contributed by atoms with Gasteiger partial charge in [-0.2, -0.15) is 0 Å². The lowest BCUT2D eigenvalue weighted by molar-refractivity contribution is 0.0616. The number of aliphatic hydroxyl groups is 1. The van der Waals surface area contributed by atoms with E-state index in [0.717, 1.165) is 11.0 Å².